The Morgan fingerprint density at radius 3 is 2.58 bits per heavy atom. The molecule has 4 nitrogen and oxygen atoms in total. The number of carbonyl (C=O) groups is 1. The molecule has 94 valence electrons. The third-order valence-corrected chi connectivity index (χ3v) is 3.32. The van der Waals surface area contributed by atoms with Crippen molar-refractivity contribution in [2.24, 2.45) is 0 Å². The number of rotatable bonds is 2. The van der Waals surface area contributed by atoms with E-state index in [1.54, 1.807) is 12.1 Å². The van der Waals surface area contributed by atoms with E-state index < -0.39 is 0 Å². The number of anilines is 1. The van der Waals surface area contributed by atoms with Crippen LogP contribution in [0.4, 0.5) is 5.95 Å². The lowest BCUT2D eigenvalue weighted by atomic mass is 10.2. The summed E-state index contributed by atoms with van der Waals surface area (Å²) in [4.78, 5) is 18.3. The van der Waals surface area contributed by atoms with E-state index in [9.17, 15) is 4.79 Å². The predicted molar refractivity (Wildman–Crippen MR) is 76.9 cm³/mol. The zero-order valence-corrected chi connectivity index (χ0v) is 11.5. The normalized spacial score (nSPS) is 10.6. The number of hydrogen-bond donors (Lipinski definition) is 2. The first-order valence-electron chi connectivity index (χ1n) is 5.79. The van der Waals surface area contributed by atoms with Gasteiger partial charge in [0.15, 0.2) is 0 Å². The van der Waals surface area contributed by atoms with E-state index in [-0.39, 0.29) is 5.91 Å². The number of para-hydroxylation sites is 2. The molecule has 0 aliphatic rings. The quantitative estimate of drug-likeness (QED) is 0.750. The van der Waals surface area contributed by atoms with Crippen molar-refractivity contribution in [3.8, 4) is 0 Å². The van der Waals surface area contributed by atoms with Gasteiger partial charge in [0.05, 0.1) is 5.56 Å². The third kappa shape index (κ3) is 2.51. The topological polar surface area (TPSA) is 59.0 Å². The molecule has 0 bridgehead atoms. The van der Waals surface area contributed by atoms with Gasteiger partial charge in [-0.15, -0.1) is 0 Å². The van der Waals surface area contributed by atoms with Gasteiger partial charge in [-0.1, -0.05) is 28.1 Å². The maximum Gasteiger partial charge on any atom is 0.361 e. The van der Waals surface area contributed by atoms with Crippen molar-refractivity contribution in [1.29, 1.82) is 0 Å². The minimum absolute atomic E-state index is 0.157. The van der Waals surface area contributed by atoms with E-state index in [0.29, 0.717) is 11.5 Å². The minimum Gasteiger partial charge on any atom is -0.250 e. The number of amides is 1. The van der Waals surface area contributed by atoms with Crippen LogP contribution in [0.15, 0.2) is 53.0 Å². The fourth-order valence-electron chi connectivity index (χ4n) is 1.85. The van der Waals surface area contributed by atoms with Gasteiger partial charge >= 0.3 is 11.9 Å². The number of aromatic nitrogens is 2. The Hall–Kier alpha value is -2.14. The van der Waals surface area contributed by atoms with Gasteiger partial charge in [-0.3, -0.25) is 4.79 Å². The summed E-state index contributed by atoms with van der Waals surface area (Å²) >= 11 is 3.34. The highest BCUT2D eigenvalue weighted by molar-refractivity contribution is 9.10. The minimum atomic E-state index is -0.157. The summed E-state index contributed by atoms with van der Waals surface area (Å²) in [6.07, 6.45) is 0. The molecule has 0 atom stereocenters. The van der Waals surface area contributed by atoms with Gasteiger partial charge in [-0.25, -0.2) is 15.3 Å². The first kappa shape index (κ1) is 11.9. The molecule has 0 aliphatic carbocycles. The molecule has 0 aliphatic heterocycles. The van der Waals surface area contributed by atoms with Gasteiger partial charge in [-0.05, 0) is 36.4 Å². The number of hydrogen-bond acceptors (Lipinski definition) is 1. The molecular weight excluding hydrogens is 306 g/mol. The molecule has 3 aromatic rings. The summed E-state index contributed by atoms with van der Waals surface area (Å²) in [7, 11) is 0. The SMILES string of the molecule is O=C(Nc1[nH]c2ccccc2[nH+]1)c1ccc(Br)cc1. The first-order chi connectivity index (χ1) is 9.22. The van der Waals surface area contributed by atoms with Crippen LogP contribution < -0.4 is 10.3 Å². The molecule has 0 spiro atoms. The van der Waals surface area contributed by atoms with Gasteiger partial charge < -0.3 is 0 Å². The van der Waals surface area contributed by atoms with Crippen molar-refractivity contribution in [2.75, 3.05) is 5.32 Å². The second-order valence-electron chi connectivity index (χ2n) is 4.13. The summed E-state index contributed by atoms with van der Waals surface area (Å²) in [5.41, 5.74) is 2.51. The fraction of sp³-hybridized carbons (Fsp3) is 0. The number of imidazole rings is 1. The van der Waals surface area contributed by atoms with Crippen molar-refractivity contribution in [2.45, 2.75) is 0 Å². The lowest BCUT2D eigenvalue weighted by molar-refractivity contribution is -0.326. The number of fused-ring (bicyclic) bond motifs is 1. The molecule has 1 heterocycles. The summed E-state index contributed by atoms with van der Waals surface area (Å²) in [5, 5.41) is 2.80. The van der Waals surface area contributed by atoms with Crippen LogP contribution in [0, 0.1) is 0 Å². The van der Waals surface area contributed by atoms with Gasteiger partial charge in [0, 0.05) is 4.47 Å². The second-order valence-corrected chi connectivity index (χ2v) is 5.05. The number of H-pyrrole nitrogens is 2. The average molecular weight is 317 g/mol. The van der Waals surface area contributed by atoms with Crippen molar-refractivity contribution < 1.29 is 9.78 Å². The van der Waals surface area contributed by atoms with Crippen LogP contribution >= 0.6 is 15.9 Å². The summed E-state index contributed by atoms with van der Waals surface area (Å²) < 4.78 is 0.946. The summed E-state index contributed by atoms with van der Waals surface area (Å²) in [6.45, 7) is 0. The molecule has 3 N–H and O–H groups in total. The second kappa shape index (κ2) is 4.85. The van der Waals surface area contributed by atoms with Gasteiger partial charge in [0.2, 0.25) is 0 Å². The van der Waals surface area contributed by atoms with E-state index in [2.05, 4.69) is 31.2 Å². The largest absolute Gasteiger partial charge is 0.361 e. The summed E-state index contributed by atoms with van der Waals surface area (Å²) in [6, 6.07) is 15.0. The van der Waals surface area contributed by atoms with Crippen LogP contribution in [0.1, 0.15) is 10.4 Å². The number of benzene rings is 2. The molecule has 2 aromatic carbocycles. The highest BCUT2D eigenvalue weighted by Crippen LogP contribution is 2.12. The highest BCUT2D eigenvalue weighted by Gasteiger charge is 2.14. The van der Waals surface area contributed by atoms with Gasteiger partial charge in [0.25, 0.3) is 0 Å². The maximum atomic E-state index is 12.0. The molecule has 1 amide bonds. The van der Waals surface area contributed by atoms with Crippen molar-refractivity contribution in [3.05, 3.63) is 58.6 Å². The van der Waals surface area contributed by atoms with Crippen LogP contribution in [-0.2, 0) is 0 Å². The van der Waals surface area contributed by atoms with E-state index in [0.717, 1.165) is 15.5 Å². The molecule has 0 radical (unpaired) electrons. The smallest absolute Gasteiger partial charge is 0.250 e. The average Bonchev–Trinajstić information content (AvgIpc) is 2.81. The molecule has 0 unspecified atom stereocenters. The Kier molecular flexibility index (Phi) is 3.05. The van der Waals surface area contributed by atoms with Crippen molar-refractivity contribution >= 4 is 38.8 Å². The van der Waals surface area contributed by atoms with Gasteiger partial charge in [0.1, 0.15) is 11.0 Å². The van der Waals surface area contributed by atoms with E-state index in [1.165, 1.54) is 0 Å². The lowest BCUT2D eigenvalue weighted by Gasteiger charge is -1.97. The number of aromatic amines is 2. The molecule has 3 rings (SSSR count). The van der Waals surface area contributed by atoms with E-state index >= 15 is 0 Å². The highest BCUT2D eigenvalue weighted by atomic mass is 79.9. The van der Waals surface area contributed by atoms with E-state index in [1.807, 2.05) is 36.4 Å². The molecule has 0 saturated heterocycles. The lowest BCUT2D eigenvalue weighted by Crippen LogP contribution is -2.18. The first-order valence-corrected chi connectivity index (χ1v) is 6.58. The van der Waals surface area contributed by atoms with Crippen molar-refractivity contribution in [1.82, 2.24) is 4.98 Å². The Morgan fingerprint density at radius 1 is 1.11 bits per heavy atom. The van der Waals surface area contributed by atoms with Crippen molar-refractivity contribution in [3.63, 3.8) is 0 Å². The Labute approximate surface area is 118 Å². The molecule has 0 fully saturated rings. The number of carbonyl (C=O) groups excluding carboxylic acids is 1. The van der Waals surface area contributed by atoms with Crippen LogP contribution in [0.2, 0.25) is 0 Å². The molecule has 0 saturated carbocycles. The van der Waals surface area contributed by atoms with Crippen LogP contribution in [0.5, 0.6) is 0 Å². The standard InChI is InChI=1S/C14H10BrN3O/c15-10-7-5-9(6-8-10)13(19)18-14-16-11-3-1-2-4-12(11)17-14/h1-8H,(H2,16,17,18,19)/p+1. The predicted octanol–water partition coefficient (Wildman–Crippen LogP) is 3.00. The fourth-order valence-corrected chi connectivity index (χ4v) is 2.12. The zero-order chi connectivity index (χ0) is 13.2. The number of halogens is 1. The summed E-state index contributed by atoms with van der Waals surface area (Å²) in [5.74, 6) is 0.421. The maximum absolute atomic E-state index is 12.0. The van der Waals surface area contributed by atoms with Crippen LogP contribution in [0.25, 0.3) is 11.0 Å². The molecule has 1 aromatic heterocycles. The molecule has 5 heteroatoms. The van der Waals surface area contributed by atoms with Crippen LogP contribution in [0.3, 0.4) is 0 Å². The van der Waals surface area contributed by atoms with E-state index in [4.69, 9.17) is 0 Å². The molecule has 19 heavy (non-hydrogen) atoms. The number of nitrogens with one attached hydrogen (secondary N) is 3. The Balaban J connectivity index is 1.84. The Morgan fingerprint density at radius 2 is 1.84 bits per heavy atom. The van der Waals surface area contributed by atoms with Crippen LogP contribution in [-0.4, -0.2) is 10.9 Å². The molecular formula is C14H11BrN3O+. The monoisotopic (exact) mass is 316 g/mol. The zero-order valence-electron chi connectivity index (χ0n) is 9.91. The van der Waals surface area contributed by atoms with Gasteiger partial charge in [-0.2, -0.15) is 0 Å². The third-order valence-electron chi connectivity index (χ3n) is 2.79. The Bertz CT molecular complexity index is 701.